The van der Waals surface area contributed by atoms with Crippen molar-refractivity contribution in [3.8, 4) is 33.7 Å². The highest BCUT2D eigenvalue weighted by Gasteiger charge is 2.18. The summed E-state index contributed by atoms with van der Waals surface area (Å²) in [4.78, 5) is 7.10. The summed E-state index contributed by atoms with van der Waals surface area (Å²) in [7, 11) is 0. The van der Waals surface area contributed by atoms with E-state index in [0.717, 1.165) is 66.8 Å². The summed E-state index contributed by atoms with van der Waals surface area (Å²) >= 11 is 0. The van der Waals surface area contributed by atoms with Crippen LogP contribution < -0.4 is 4.90 Å². The van der Waals surface area contributed by atoms with Crippen molar-refractivity contribution in [3.63, 3.8) is 0 Å². The minimum Gasteiger partial charge on any atom is -0.455 e. The minimum atomic E-state index is 0.605. The number of hydrogen-bond acceptors (Lipinski definition) is 4. The van der Waals surface area contributed by atoms with Gasteiger partial charge in [0.1, 0.15) is 16.7 Å². The van der Waals surface area contributed by atoms with Crippen LogP contribution in [0.5, 0.6) is 0 Å². The molecule has 0 radical (unpaired) electrons. The van der Waals surface area contributed by atoms with E-state index >= 15 is 0 Å². The van der Waals surface area contributed by atoms with E-state index in [1.54, 1.807) is 0 Å². The van der Waals surface area contributed by atoms with Crippen molar-refractivity contribution >= 4 is 60.9 Å². The second kappa shape index (κ2) is 11.9. The highest BCUT2D eigenvalue weighted by atomic mass is 16.4. The molecule has 0 aliphatic carbocycles. The first kappa shape index (κ1) is 29.0. The van der Waals surface area contributed by atoms with Gasteiger partial charge in [-0.05, 0) is 82.1 Å². The largest absolute Gasteiger partial charge is 0.455 e. The Bertz CT molecular complexity index is 2850. The van der Waals surface area contributed by atoms with Gasteiger partial charge in [0.25, 0.3) is 0 Å². The van der Waals surface area contributed by atoms with Crippen LogP contribution >= 0.6 is 0 Å². The SMILES string of the molecule is c1ccc(-c2cccc(N(c3ccc(-c4cccc5c4oc4cc6nc(-c7ccccc7)oc6cc45)cc3)c3ccc4ccccc4c3)c2)cc1. The monoisotopic (exact) mass is 654 g/mol. The van der Waals surface area contributed by atoms with Gasteiger partial charge in [-0.3, -0.25) is 0 Å². The molecule has 240 valence electrons. The summed E-state index contributed by atoms with van der Waals surface area (Å²) in [6.45, 7) is 0. The zero-order chi connectivity index (χ0) is 33.7. The molecule has 2 heterocycles. The van der Waals surface area contributed by atoms with Gasteiger partial charge in [0, 0.05) is 45.0 Å². The lowest BCUT2D eigenvalue weighted by molar-refractivity contribution is 0.620. The van der Waals surface area contributed by atoms with Gasteiger partial charge in [-0.15, -0.1) is 0 Å². The molecular formula is C47H30N2O2. The lowest BCUT2D eigenvalue weighted by Crippen LogP contribution is -2.10. The third kappa shape index (κ3) is 5.13. The summed E-state index contributed by atoms with van der Waals surface area (Å²) in [6, 6.07) is 63.6. The zero-order valence-electron chi connectivity index (χ0n) is 27.5. The zero-order valence-corrected chi connectivity index (χ0v) is 27.5. The molecule has 0 bridgehead atoms. The lowest BCUT2D eigenvalue weighted by atomic mass is 10.0. The molecule has 4 nitrogen and oxygen atoms in total. The summed E-state index contributed by atoms with van der Waals surface area (Å²) in [5, 5.41) is 4.47. The Balaban J connectivity index is 1.06. The fourth-order valence-corrected chi connectivity index (χ4v) is 7.16. The van der Waals surface area contributed by atoms with Crippen LogP contribution in [0.15, 0.2) is 191 Å². The number of para-hydroxylation sites is 1. The predicted octanol–water partition coefficient (Wildman–Crippen LogP) is 13.4. The minimum absolute atomic E-state index is 0.605. The van der Waals surface area contributed by atoms with Crippen LogP contribution in [0.4, 0.5) is 17.1 Å². The number of nitrogens with zero attached hydrogens (tertiary/aromatic N) is 2. The molecule has 8 aromatic carbocycles. The van der Waals surface area contributed by atoms with E-state index in [4.69, 9.17) is 13.8 Å². The Morgan fingerprint density at radius 1 is 0.392 bits per heavy atom. The van der Waals surface area contributed by atoms with E-state index in [2.05, 4.69) is 144 Å². The molecule has 0 fully saturated rings. The third-order valence-corrected chi connectivity index (χ3v) is 9.67. The fraction of sp³-hybridized carbons (Fsp3) is 0. The Labute approximate surface area is 294 Å². The normalized spacial score (nSPS) is 11.5. The molecule has 0 spiro atoms. The van der Waals surface area contributed by atoms with Crippen LogP contribution in [0.1, 0.15) is 0 Å². The number of aromatic nitrogens is 1. The van der Waals surface area contributed by atoms with Gasteiger partial charge >= 0.3 is 0 Å². The van der Waals surface area contributed by atoms with E-state index in [1.807, 2.05) is 42.5 Å². The third-order valence-electron chi connectivity index (χ3n) is 9.67. The number of fused-ring (bicyclic) bond motifs is 5. The second-order valence-electron chi connectivity index (χ2n) is 12.8. The molecule has 51 heavy (non-hydrogen) atoms. The molecule has 0 amide bonds. The van der Waals surface area contributed by atoms with Crippen LogP contribution in [-0.2, 0) is 0 Å². The average Bonchev–Trinajstić information content (AvgIpc) is 3.79. The van der Waals surface area contributed by atoms with E-state index in [9.17, 15) is 0 Å². The summed E-state index contributed by atoms with van der Waals surface area (Å²) in [5.74, 6) is 0.605. The van der Waals surface area contributed by atoms with Gasteiger partial charge in [0.15, 0.2) is 5.58 Å². The van der Waals surface area contributed by atoms with Crippen molar-refractivity contribution in [1.29, 1.82) is 0 Å². The topological polar surface area (TPSA) is 42.4 Å². The molecule has 0 unspecified atom stereocenters. The summed E-state index contributed by atoms with van der Waals surface area (Å²) in [6.07, 6.45) is 0. The van der Waals surface area contributed by atoms with Crippen molar-refractivity contribution in [2.45, 2.75) is 0 Å². The van der Waals surface area contributed by atoms with Crippen molar-refractivity contribution in [1.82, 2.24) is 4.98 Å². The Morgan fingerprint density at radius 3 is 1.90 bits per heavy atom. The molecular weight excluding hydrogens is 625 g/mol. The van der Waals surface area contributed by atoms with Crippen LogP contribution in [0, 0.1) is 0 Å². The number of oxazole rings is 1. The van der Waals surface area contributed by atoms with E-state index in [1.165, 1.54) is 21.9 Å². The van der Waals surface area contributed by atoms with Gasteiger partial charge in [-0.1, -0.05) is 121 Å². The maximum Gasteiger partial charge on any atom is 0.227 e. The average molecular weight is 655 g/mol. The Kier molecular flexibility index (Phi) is 6.78. The molecule has 4 heteroatoms. The van der Waals surface area contributed by atoms with Gasteiger partial charge in [-0.25, -0.2) is 4.98 Å². The highest BCUT2D eigenvalue weighted by molar-refractivity contribution is 6.12. The van der Waals surface area contributed by atoms with Gasteiger partial charge in [-0.2, -0.15) is 0 Å². The van der Waals surface area contributed by atoms with E-state index < -0.39 is 0 Å². The second-order valence-corrected chi connectivity index (χ2v) is 12.8. The van der Waals surface area contributed by atoms with Crippen LogP contribution in [0.3, 0.4) is 0 Å². The standard InChI is InChI=1S/C47H30N2O2/c1-3-11-31(12-4-1)36-17-9-18-38(27-36)49(39-26-21-32-13-7-8-16-35(32)28-39)37-24-22-33(23-25-37)40-19-10-20-41-42-29-45-43(30-44(42)50-46(40)41)48-47(51-45)34-14-5-2-6-15-34/h1-30H. The van der Waals surface area contributed by atoms with Crippen molar-refractivity contribution in [2.24, 2.45) is 0 Å². The maximum absolute atomic E-state index is 6.58. The van der Waals surface area contributed by atoms with Crippen molar-refractivity contribution in [2.75, 3.05) is 4.90 Å². The molecule has 0 aliphatic heterocycles. The predicted molar refractivity (Wildman–Crippen MR) is 210 cm³/mol. The number of rotatable bonds is 6. The van der Waals surface area contributed by atoms with E-state index in [-0.39, 0.29) is 0 Å². The molecule has 0 saturated heterocycles. The summed E-state index contributed by atoms with van der Waals surface area (Å²) in [5.41, 5.74) is 11.8. The van der Waals surface area contributed by atoms with Gasteiger partial charge in [0.05, 0.1) is 0 Å². The van der Waals surface area contributed by atoms with Gasteiger partial charge in [0.2, 0.25) is 5.89 Å². The Morgan fingerprint density at radius 2 is 1.08 bits per heavy atom. The Hall–Kier alpha value is -6.91. The smallest absolute Gasteiger partial charge is 0.227 e. The molecule has 10 rings (SSSR count). The molecule has 0 N–H and O–H groups in total. The molecule has 0 atom stereocenters. The van der Waals surface area contributed by atoms with Crippen LogP contribution in [-0.4, -0.2) is 4.98 Å². The molecule has 0 aliphatic rings. The summed E-state index contributed by atoms with van der Waals surface area (Å²) < 4.78 is 12.8. The number of anilines is 3. The molecule has 2 aromatic heterocycles. The fourth-order valence-electron chi connectivity index (χ4n) is 7.16. The highest BCUT2D eigenvalue weighted by Crippen LogP contribution is 2.41. The van der Waals surface area contributed by atoms with Crippen molar-refractivity contribution < 1.29 is 8.83 Å². The maximum atomic E-state index is 6.58. The van der Waals surface area contributed by atoms with Crippen molar-refractivity contribution in [3.05, 3.63) is 182 Å². The van der Waals surface area contributed by atoms with E-state index in [0.29, 0.717) is 5.89 Å². The van der Waals surface area contributed by atoms with Crippen LogP contribution in [0.2, 0.25) is 0 Å². The molecule has 0 saturated carbocycles. The lowest BCUT2D eigenvalue weighted by Gasteiger charge is -2.26. The molecule has 10 aromatic rings. The first-order chi connectivity index (χ1) is 25.2. The first-order valence-electron chi connectivity index (χ1n) is 17.1. The number of hydrogen-bond donors (Lipinski definition) is 0. The van der Waals surface area contributed by atoms with Crippen LogP contribution in [0.25, 0.3) is 77.5 Å². The first-order valence-corrected chi connectivity index (χ1v) is 17.1. The number of benzene rings is 8. The number of furan rings is 1. The quantitative estimate of drug-likeness (QED) is 0.179. The van der Waals surface area contributed by atoms with Gasteiger partial charge < -0.3 is 13.7 Å².